The lowest BCUT2D eigenvalue weighted by atomic mass is 9.93. The summed E-state index contributed by atoms with van der Waals surface area (Å²) >= 11 is 1.95. The summed E-state index contributed by atoms with van der Waals surface area (Å²) < 4.78 is 0. The highest BCUT2D eigenvalue weighted by Crippen LogP contribution is 2.16. The van der Waals surface area contributed by atoms with Gasteiger partial charge in [-0.15, -0.1) is 0 Å². The van der Waals surface area contributed by atoms with Gasteiger partial charge in [-0.05, 0) is 44.7 Å². The maximum Gasteiger partial charge on any atom is 0.00639 e. The van der Waals surface area contributed by atoms with Crippen LogP contribution in [0, 0.1) is 5.92 Å². The molecule has 0 aromatic heterocycles. The largest absolute Gasteiger partial charge is 0.317 e. The van der Waals surface area contributed by atoms with Gasteiger partial charge in [-0.1, -0.05) is 13.3 Å². The quantitative estimate of drug-likeness (QED) is 0.618. The summed E-state index contributed by atoms with van der Waals surface area (Å²) in [6, 6.07) is 0.678. The molecule has 0 aliphatic rings. The van der Waals surface area contributed by atoms with Crippen LogP contribution in [0.25, 0.3) is 0 Å². The van der Waals surface area contributed by atoms with Gasteiger partial charge >= 0.3 is 0 Å². The molecular weight excluding hydrogens is 166 g/mol. The van der Waals surface area contributed by atoms with Crippen molar-refractivity contribution < 1.29 is 0 Å². The first kappa shape index (κ1) is 12.3. The Hall–Kier alpha value is 0.310. The minimum absolute atomic E-state index is 0.678. The van der Waals surface area contributed by atoms with Gasteiger partial charge in [0.1, 0.15) is 0 Å². The van der Waals surface area contributed by atoms with E-state index in [0.717, 1.165) is 5.92 Å². The van der Waals surface area contributed by atoms with E-state index in [1.807, 2.05) is 11.8 Å². The summed E-state index contributed by atoms with van der Waals surface area (Å²) in [4.78, 5) is 0. The summed E-state index contributed by atoms with van der Waals surface area (Å²) in [5.74, 6) is 2.18. The van der Waals surface area contributed by atoms with E-state index >= 15 is 0 Å². The highest BCUT2D eigenvalue weighted by molar-refractivity contribution is 7.98. The molecule has 0 radical (unpaired) electrons. The molecule has 2 atom stereocenters. The molecule has 0 rings (SSSR count). The predicted octanol–water partition coefficient (Wildman–Crippen LogP) is 2.76. The topological polar surface area (TPSA) is 12.0 Å². The van der Waals surface area contributed by atoms with Crippen molar-refractivity contribution in [3.63, 3.8) is 0 Å². The van der Waals surface area contributed by atoms with Crippen LogP contribution < -0.4 is 5.32 Å². The maximum absolute atomic E-state index is 3.34. The third-order valence-electron chi connectivity index (χ3n) is 2.61. The van der Waals surface area contributed by atoms with E-state index in [2.05, 4.69) is 32.5 Å². The second kappa shape index (κ2) is 7.93. The molecule has 1 N–H and O–H groups in total. The Morgan fingerprint density at radius 3 is 2.50 bits per heavy atom. The Labute approximate surface area is 81.7 Å². The zero-order chi connectivity index (χ0) is 9.40. The Kier molecular flexibility index (Phi) is 8.14. The van der Waals surface area contributed by atoms with Crippen molar-refractivity contribution in [1.29, 1.82) is 0 Å². The first-order valence-electron chi connectivity index (χ1n) is 4.92. The monoisotopic (exact) mass is 189 g/mol. The minimum atomic E-state index is 0.678. The second-order valence-electron chi connectivity index (χ2n) is 3.38. The lowest BCUT2D eigenvalue weighted by molar-refractivity contribution is 0.358. The highest BCUT2D eigenvalue weighted by Gasteiger charge is 2.12. The Balaban J connectivity index is 3.52. The van der Waals surface area contributed by atoms with E-state index in [-0.39, 0.29) is 0 Å². The van der Waals surface area contributed by atoms with Crippen molar-refractivity contribution in [3.8, 4) is 0 Å². The zero-order valence-electron chi connectivity index (χ0n) is 8.89. The summed E-state index contributed by atoms with van der Waals surface area (Å²) in [6.07, 6.45) is 6.23. The van der Waals surface area contributed by atoms with Crippen molar-refractivity contribution in [2.24, 2.45) is 5.92 Å². The second-order valence-corrected chi connectivity index (χ2v) is 4.37. The van der Waals surface area contributed by atoms with Gasteiger partial charge in [-0.2, -0.15) is 11.8 Å². The zero-order valence-corrected chi connectivity index (χ0v) is 9.71. The van der Waals surface area contributed by atoms with E-state index in [1.165, 1.54) is 25.0 Å². The van der Waals surface area contributed by atoms with Gasteiger partial charge < -0.3 is 5.32 Å². The average molecular weight is 189 g/mol. The molecule has 0 saturated heterocycles. The van der Waals surface area contributed by atoms with E-state index in [0.29, 0.717) is 6.04 Å². The normalized spacial score (nSPS) is 16.0. The molecule has 0 bridgehead atoms. The molecule has 0 aliphatic carbocycles. The lowest BCUT2D eigenvalue weighted by Gasteiger charge is -2.21. The van der Waals surface area contributed by atoms with Crippen molar-refractivity contribution in [2.45, 2.75) is 39.2 Å². The number of nitrogens with one attached hydrogen (secondary N) is 1. The average Bonchev–Trinajstić information content (AvgIpc) is 2.11. The van der Waals surface area contributed by atoms with Gasteiger partial charge in [0.05, 0.1) is 0 Å². The summed E-state index contributed by atoms with van der Waals surface area (Å²) in [6.45, 7) is 4.57. The van der Waals surface area contributed by atoms with E-state index in [1.54, 1.807) is 0 Å². The van der Waals surface area contributed by atoms with Crippen LogP contribution in [0.4, 0.5) is 0 Å². The van der Waals surface area contributed by atoms with Crippen LogP contribution in [0.2, 0.25) is 0 Å². The minimum Gasteiger partial charge on any atom is -0.317 e. The fraction of sp³-hybridized carbons (Fsp3) is 1.00. The van der Waals surface area contributed by atoms with E-state index in [4.69, 9.17) is 0 Å². The van der Waals surface area contributed by atoms with Crippen LogP contribution in [-0.4, -0.2) is 25.1 Å². The fourth-order valence-electron chi connectivity index (χ4n) is 1.53. The molecule has 0 saturated carbocycles. The predicted molar refractivity (Wildman–Crippen MR) is 59.9 cm³/mol. The lowest BCUT2D eigenvalue weighted by Crippen LogP contribution is -2.30. The highest BCUT2D eigenvalue weighted by atomic mass is 32.2. The van der Waals surface area contributed by atoms with Crippen LogP contribution >= 0.6 is 11.8 Å². The Morgan fingerprint density at radius 2 is 2.08 bits per heavy atom. The SMILES string of the molecule is CCC(CCCSC)C(C)NC. The van der Waals surface area contributed by atoms with Crippen molar-refractivity contribution >= 4 is 11.8 Å². The standard InChI is InChI=1S/C10H23NS/c1-5-10(9(2)11-3)7-6-8-12-4/h9-11H,5-8H2,1-4H3. The van der Waals surface area contributed by atoms with Crippen LogP contribution in [0.15, 0.2) is 0 Å². The maximum atomic E-state index is 3.34. The number of hydrogen-bond donors (Lipinski definition) is 1. The summed E-state index contributed by atoms with van der Waals surface area (Å²) in [5, 5.41) is 3.34. The third kappa shape index (κ3) is 5.04. The molecule has 0 fully saturated rings. The van der Waals surface area contributed by atoms with Gasteiger partial charge in [0.2, 0.25) is 0 Å². The summed E-state index contributed by atoms with van der Waals surface area (Å²) in [7, 11) is 2.06. The first-order chi connectivity index (χ1) is 5.76. The van der Waals surface area contributed by atoms with Crippen LogP contribution in [0.1, 0.15) is 33.1 Å². The number of rotatable bonds is 7. The molecule has 0 aromatic carbocycles. The van der Waals surface area contributed by atoms with E-state index < -0.39 is 0 Å². The Bertz CT molecular complexity index is 95.8. The third-order valence-corrected chi connectivity index (χ3v) is 3.31. The molecule has 0 spiro atoms. The van der Waals surface area contributed by atoms with Gasteiger partial charge in [0, 0.05) is 6.04 Å². The molecule has 1 nitrogen and oxygen atoms in total. The van der Waals surface area contributed by atoms with Crippen LogP contribution in [0.5, 0.6) is 0 Å². The molecule has 0 aromatic rings. The van der Waals surface area contributed by atoms with E-state index in [9.17, 15) is 0 Å². The summed E-state index contributed by atoms with van der Waals surface area (Å²) in [5.41, 5.74) is 0. The first-order valence-corrected chi connectivity index (χ1v) is 6.31. The van der Waals surface area contributed by atoms with Gasteiger partial charge in [0.25, 0.3) is 0 Å². The molecule has 74 valence electrons. The number of hydrogen-bond acceptors (Lipinski definition) is 2. The Morgan fingerprint density at radius 1 is 1.42 bits per heavy atom. The fourth-order valence-corrected chi connectivity index (χ4v) is 1.99. The van der Waals surface area contributed by atoms with Crippen molar-refractivity contribution in [1.82, 2.24) is 5.32 Å². The molecule has 0 heterocycles. The van der Waals surface area contributed by atoms with Gasteiger partial charge in [-0.3, -0.25) is 0 Å². The van der Waals surface area contributed by atoms with Gasteiger partial charge in [0.15, 0.2) is 0 Å². The van der Waals surface area contributed by atoms with Crippen LogP contribution in [-0.2, 0) is 0 Å². The van der Waals surface area contributed by atoms with Crippen molar-refractivity contribution in [3.05, 3.63) is 0 Å². The molecule has 12 heavy (non-hydrogen) atoms. The molecule has 0 amide bonds. The van der Waals surface area contributed by atoms with Gasteiger partial charge in [-0.25, -0.2) is 0 Å². The smallest absolute Gasteiger partial charge is 0.00639 e. The molecule has 2 unspecified atom stereocenters. The molecule has 0 aliphatic heterocycles. The molecular formula is C10H23NS. The number of thioether (sulfide) groups is 1. The van der Waals surface area contributed by atoms with Crippen LogP contribution in [0.3, 0.4) is 0 Å². The van der Waals surface area contributed by atoms with Crippen molar-refractivity contribution in [2.75, 3.05) is 19.1 Å². The molecule has 2 heteroatoms.